The van der Waals surface area contributed by atoms with E-state index in [1.165, 1.54) is 22.8 Å². The molecular weight excluding hydrogens is 327 g/mol. The summed E-state index contributed by atoms with van der Waals surface area (Å²) in [5.74, 6) is 1.93. The molecule has 0 fully saturated rings. The minimum absolute atomic E-state index is 0.261. The SMILES string of the molecule is CC(=O)OCC=P(c1ccccc1)(c1ccccc1)c1ccccc1. The molecule has 0 saturated heterocycles. The topological polar surface area (TPSA) is 26.3 Å². The van der Waals surface area contributed by atoms with Gasteiger partial charge in [-0.25, -0.2) is 0 Å². The number of hydrogen-bond acceptors (Lipinski definition) is 2. The molecule has 0 atom stereocenters. The maximum Gasteiger partial charge on any atom is 0.302 e. The van der Waals surface area contributed by atoms with Crippen molar-refractivity contribution in [2.24, 2.45) is 0 Å². The van der Waals surface area contributed by atoms with Crippen molar-refractivity contribution in [2.75, 3.05) is 6.61 Å². The van der Waals surface area contributed by atoms with Gasteiger partial charge in [-0.15, -0.1) is 0 Å². The fraction of sp³-hybridized carbons (Fsp3) is 0.0909. The molecule has 0 unspecified atom stereocenters. The molecule has 126 valence electrons. The molecule has 0 saturated carbocycles. The van der Waals surface area contributed by atoms with Crippen molar-refractivity contribution in [1.29, 1.82) is 0 Å². The minimum atomic E-state index is -2.01. The normalized spacial score (nSPS) is 10.9. The van der Waals surface area contributed by atoms with Crippen molar-refractivity contribution in [2.45, 2.75) is 6.92 Å². The summed E-state index contributed by atoms with van der Waals surface area (Å²) in [6, 6.07) is 31.5. The summed E-state index contributed by atoms with van der Waals surface area (Å²) in [5.41, 5.74) is 0. The van der Waals surface area contributed by atoms with Crippen LogP contribution in [0.15, 0.2) is 91.0 Å². The van der Waals surface area contributed by atoms with E-state index in [1.54, 1.807) is 0 Å². The molecule has 0 radical (unpaired) electrons. The van der Waals surface area contributed by atoms with Gasteiger partial charge in [-0.2, -0.15) is 0 Å². The van der Waals surface area contributed by atoms with E-state index in [1.807, 2.05) is 18.2 Å². The molecule has 3 aromatic carbocycles. The fourth-order valence-corrected chi connectivity index (χ4v) is 6.77. The summed E-state index contributed by atoms with van der Waals surface area (Å²) < 4.78 is 5.30. The maximum absolute atomic E-state index is 11.3. The first-order valence-electron chi connectivity index (χ1n) is 8.27. The van der Waals surface area contributed by atoms with Crippen molar-refractivity contribution < 1.29 is 9.53 Å². The summed E-state index contributed by atoms with van der Waals surface area (Å²) >= 11 is 0. The molecule has 0 aliphatic heterocycles. The van der Waals surface area contributed by atoms with Crippen molar-refractivity contribution in [3.63, 3.8) is 0 Å². The van der Waals surface area contributed by atoms with E-state index in [4.69, 9.17) is 4.74 Å². The van der Waals surface area contributed by atoms with Crippen LogP contribution in [0.5, 0.6) is 0 Å². The van der Waals surface area contributed by atoms with E-state index in [9.17, 15) is 4.79 Å². The van der Waals surface area contributed by atoms with Gasteiger partial charge in [-0.3, -0.25) is 4.79 Å². The predicted molar refractivity (Wildman–Crippen MR) is 108 cm³/mol. The second-order valence-electron chi connectivity index (χ2n) is 5.71. The number of carbonyl (C=O) groups excluding carboxylic acids is 1. The third-order valence-corrected chi connectivity index (χ3v) is 8.16. The lowest BCUT2D eigenvalue weighted by Gasteiger charge is -2.28. The Labute approximate surface area is 149 Å². The van der Waals surface area contributed by atoms with Crippen LogP contribution in [0.4, 0.5) is 0 Å². The molecule has 0 aliphatic carbocycles. The van der Waals surface area contributed by atoms with E-state index in [2.05, 4.69) is 78.6 Å². The van der Waals surface area contributed by atoms with Gasteiger partial charge in [0.1, 0.15) is 6.61 Å². The zero-order chi connectivity index (χ0) is 17.5. The Balaban J connectivity index is 2.30. The predicted octanol–water partition coefficient (Wildman–Crippen LogP) is 3.35. The number of benzene rings is 3. The van der Waals surface area contributed by atoms with Crippen LogP contribution in [0.1, 0.15) is 6.92 Å². The number of ether oxygens (including phenoxy) is 1. The highest BCUT2D eigenvalue weighted by atomic mass is 31.2. The van der Waals surface area contributed by atoms with Crippen LogP contribution in [0, 0.1) is 0 Å². The van der Waals surface area contributed by atoms with Crippen LogP contribution in [0.3, 0.4) is 0 Å². The smallest absolute Gasteiger partial charge is 0.302 e. The van der Waals surface area contributed by atoms with Crippen molar-refractivity contribution in [1.82, 2.24) is 0 Å². The van der Waals surface area contributed by atoms with Gasteiger partial charge in [0.15, 0.2) is 0 Å². The molecule has 25 heavy (non-hydrogen) atoms. The molecule has 0 amide bonds. The van der Waals surface area contributed by atoms with E-state index >= 15 is 0 Å². The van der Waals surface area contributed by atoms with Gasteiger partial charge in [0.2, 0.25) is 0 Å². The lowest BCUT2D eigenvalue weighted by molar-refractivity contribution is -0.139. The summed E-state index contributed by atoms with van der Waals surface area (Å²) in [5, 5.41) is 3.75. The van der Waals surface area contributed by atoms with Gasteiger partial charge in [0.25, 0.3) is 0 Å². The van der Waals surface area contributed by atoms with Crippen LogP contribution >= 0.6 is 6.89 Å². The van der Waals surface area contributed by atoms with E-state index < -0.39 is 6.89 Å². The zero-order valence-electron chi connectivity index (χ0n) is 14.2. The highest BCUT2D eigenvalue weighted by Crippen LogP contribution is 2.43. The summed E-state index contributed by atoms with van der Waals surface area (Å²) in [6.45, 7) is -0.272. The van der Waals surface area contributed by atoms with Gasteiger partial charge in [-0.1, -0.05) is 91.0 Å². The summed E-state index contributed by atoms with van der Waals surface area (Å²) in [4.78, 5) is 11.3. The van der Waals surface area contributed by atoms with Gasteiger partial charge in [-0.05, 0) is 28.6 Å². The average Bonchev–Trinajstić information content (AvgIpc) is 2.67. The lowest BCUT2D eigenvalue weighted by Crippen LogP contribution is -2.28. The lowest BCUT2D eigenvalue weighted by atomic mass is 10.4. The van der Waals surface area contributed by atoms with E-state index in [0.717, 1.165) is 0 Å². The summed E-state index contributed by atoms with van der Waals surface area (Å²) in [6.07, 6.45) is 0. The standard InChI is InChI=1S/C22H21O2P/c1-19(23)24-17-18-25(20-11-5-2-6-12-20,21-13-7-3-8-14-21)22-15-9-4-10-16-22/h2-16,18H,17H2,1H3. The quantitative estimate of drug-likeness (QED) is 0.522. The molecule has 0 aromatic heterocycles. The Morgan fingerprint density at radius 3 is 1.44 bits per heavy atom. The molecule has 0 aliphatic rings. The molecule has 3 heteroatoms. The first-order valence-corrected chi connectivity index (χ1v) is 10.1. The second-order valence-corrected chi connectivity index (χ2v) is 9.07. The summed E-state index contributed by atoms with van der Waals surface area (Å²) in [7, 11) is 0. The Hall–Kier alpha value is -2.57. The van der Waals surface area contributed by atoms with Crippen LogP contribution < -0.4 is 15.9 Å². The molecule has 0 bridgehead atoms. The van der Waals surface area contributed by atoms with Gasteiger partial charge in [0.05, 0.1) is 0 Å². The van der Waals surface area contributed by atoms with E-state index in [0.29, 0.717) is 6.61 Å². The van der Waals surface area contributed by atoms with Crippen LogP contribution in [-0.2, 0) is 9.53 Å². The van der Waals surface area contributed by atoms with Crippen LogP contribution in [0.25, 0.3) is 0 Å². The molecule has 0 heterocycles. The van der Waals surface area contributed by atoms with Gasteiger partial charge >= 0.3 is 5.97 Å². The molecule has 2 nitrogen and oxygen atoms in total. The monoisotopic (exact) mass is 348 g/mol. The van der Waals surface area contributed by atoms with Crippen LogP contribution in [-0.4, -0.2) is 18.4 Å². The number of hydrogen-bond donors (Lipinski definition) is 0. The Bertz CT molecular complexity index is 768. The average molecular weight is 348 g/mol. The number of carbonyl (C=O) groups is 1. The van der Waals surface area contributed by atoms with E-state index in [-0.39, 0.29) is 5.97 Å². The Kier molecular flexibility index (Phi) is 5.53. The minimum Gasteiger partial charge on any atom is -0.462 e. The number of esters is 1. The second kappa shape index (κ2) is 8.00. The number of rotatable bonds is 5. The van der Waals surface area contributed by atoms with Crippen molar-refractivity contribution in [3.05, 3.63) is 91.0 Å². The first-order chi connectivity index (χ1) is 12.2. The van der Waals surface area contributed by atoms with Crippen LogP contribution in [0.2, 0.25) is 0 Å². The molecule has 3 rings (SSSR count). The molecule has 0 spiro atoms. The maximum atomic E-state index is 11.3. The zero-order valence-corrected chi connectivity index (χ0v) is 15.1. The fourth-order valence-electron chi connectivity index (χ4n) is 3.02. The first kappa shape index (κ1) is 17.3. The van der Waals surface area contributed by atoms with Crippen molar-refractivity contribution >= 4 is 34.6 Å². The van der Waals surface area contributed by atoms with Gasteiger partial charge < -0.3 is 4.74 Å². The van der Waals surface area contributed by atoms with Crippen molar-refractivity contribution in [3.8, 4) is 0 Å². The molecule has 3 aromatic rings. The molecule has 0 N–H and O–H groups in total. The Morgan fingerprint density at radius 2 is 1.12 bits per heavy atom. The van der Waals surface area contributed by atoms with Gasteiger partial charge in [0, 0.05) is 6.92 Å². The molecular formula is C22H21O2P. The third-order valence-electron chi connectivity index (χ3n) is 4.13. The highest BCUT2D eigenvalue weighted by molar-refractivity contribution is 7.94. The third kappa shape index (κ3) is 3.75. The highest BCUT2D eigenvalue weighted by Gasteiger charge is 2.24. The largest absolute Gasteiger partial charge is 0.462 e. The Morgan fingerprint density at radius 1 is 0.760 bits per heavy atom.